The van der Waals surface area contributed by atoms with Crippen LogP contribution in [0.3, 0.4) is 0 Å². The van der Waals surface area contributed by atoms with E-state index in [0.717, 1.165) is 12.9 Å². The number of ether oxygens (including phenoxy) is 4. The summed E-state index contributed by atoms with van der Waals surface area (Å²) in [5.41, 5.74) is 2.62. The van der Waals surface area contributed by atoms with Crippen LogP contribution in [0.5, 0.6) is 0 Å². The molecular weight excluding hydrogens is 463 g/mol. The molecule has 0 radical (unpaired) electrons. The second kappa shape index (κ2) is 23.3. The van der Waals surface area contributed by atoms with Crippen LogP contribution in [0.4, 0.5) is 0 Å². The highest BCUT2D eigenvalue weighted by atomic mass is 35.5. The summed E-state index contributed by atoms with van der Waals surface area (Å²) in [6.07, 6.45) is 3.76. The van der Waals surface area contributed by atoms with E-state index in [9.17, 15) is 14.4 Å². The van der Waals surface area contributed by atoms with Gasteiger partial charge in [0.1, 0.15) is 12.7 Å². The summed E-state index contributed by atoms with van der Waals surface area (Å²) in [7, 11) is 0. The van der Waals surface area contributed by atoms with Gasteiger partial charge in [0, 0.05) is 12.5 Å². The molecule has 0 spiro atoms. The first-order valence-corrected chi connectivity index (χ1v) is 10.0. The number of aliphatic carboxylic acids is 1. The van der Waals surface area contributed by atoms with Crippen LogP contribution >= 0.6 is 23.2 Å². The van der Waals surface area contributed by atoms with E-state index in [4.69, 9.17) is 42.5 Å². The lowest BCUT2D eigenvalue weighted by Gasteiger charge is -2.09. The summed E-state index contributed by atoms with van der Waals surface area (Å²) in [5.74, 6) is -1.72. The van der Waals surface area contributed by atoms with Crippen molar-refractivity contribution in [1.82, 2.24) is 0 Å². The first-order valence-electron chi connectivity index (χ1n) is 9.15. The van der Waals surface area contributed by atoms with Crippen molar-refractivity contribution in [3.63, 3.8) is 0 Å². The van der Waals surface area contributed by atoms with E-state index in [1.165, 1.54) is 24.9 Å². The summed E-state index contributed by atoms with van der Waals surface area (Å²) < 4.78 is 19.2. The Balaban J connectivity index is -0.000000393. The van der Waals surface area contributed by atoms with E-state index in [2.05, 4.69) is 37.6 Å². The van der Waals surface area contributed by atoms with Crippen molar-refractivity contribution in [2.75, 3.05) is 19.8 Å². The highest BCUT2D eigenvalue weighted by molar-refractivity contribution is 6.25. The maximum atomic E-state index is 11.5. The molecule has 1 N–H and O–H groups in total. The quantitative estimate of drug-likeness (QED) is 0.171. The Hall–Kier alpha value is -2.39. The molecule has 2 aliphatic rings. The summed E-state index contributed by atoms with van der Waals surface area (Å²) >= 11 is 9.52. The molecule has 3 atom stereocenters. The molecular formula is C22H32Cl2O8. The van der Waals surface area contributed by atoms with E-state index in [-0.39, 0.29) is 35.6 Å². The van der Waals surface area contributed by atoms with Gasteiger partial charge in [0.05, 0.1) is 31.5 Å². The second-order valence-electron chi connectivity index (χ2n) is 5.79. The van der Waals surface area contributed by atoms with E-state index in [1.807, 2.05) is 0 Å². The van der Waals surface area contributed by atoms with Crippen LogP contribution in [0.15, 0.2) is 61.9 Å². The van der Waals surface area contributed by atoms with Crippen LogP contribution in [0.2, 0.25) is 0 Å². The predicted molar refractivity (Wildman–Crippen MR) is 125 cm³/mol. The van der Waals surface area contributed by atoms with Crippen molar-refractivity contribution >= 4 is 41.1 Å². The van der Waals surface area contributed by atoms with Crippen LogP contribution in [-0.4, -0.2) is 55.0 Å². The van der Waals surface area contributed by atoms with Gasteiger partial charge < -0.3 is 24.1 Å². The molecule has 2 saturated heterocycles. The number of carbonyl (C=O) groups is 3. The Morgan fingerprint density at radius 1 is 1.06 bits per heavy atom. The Bertz CT molecular complexity index is 593. The average Bonchev–Trinajstić information content (AvgIpc) is 3.62. The molecule has 2 fully saturated rings. The van der Waals surface area contributed by atoms with Gasteiger partial charge in [0.2, 0.25) is 0 Å². The largest absolute Gasteiger partial charge is 0.478 e. The fourth-order valence-electron chi connectivity index (χ4n) is 1.34. The highest BCUT2D eigenvalue weighted by Gasteiger charge is 2.31. The Morgan fingerprint density at radius 3 is 1.69 bits per heavy atom. The fraction of sp³-hybridized carbons (Fsp3) is 0.409. The Labute approximate surface area is 199 Å². The topological polar surface area (TPSA) is 115 Å². The van der Waals surface area contributed by atoms with Gasteiger partial charge in [0.15, 0.2) is 0 Å². The molecule has 3 unspecified atom stereocenters. The molecule has 2 rings (SSSR count). The van der Waals surface area contributed by atoms with E-state index < -0.39 is 5.97 Å². The lowest BCUT2D eigenvalue weighted by atomic mass is 10.0. The third-order valence-corrected chi connectivity index (χ3v) is 2.93. The van der Waals surface area contributed by atoms with E-state index >= 15 is 0 Å². The smallest absolute Gasteiger partial charge is 0.330 e. The number of carbonyl (C=O) groups excluding carboxylic acids is 2. The van der Waals surface area contributed by atoms with Crippen molar-refractivity contribution in [3.05, 3.63) is 61.9 Å². The Morgan fingerprint density at radius 2 is 1.47 bits per heavy atom. The van der Waals surface area contributed by atoms with Crippen LogP contribution < -0.4 is 0 Å². The number of hydrogen-bond acceptors (Lipinski definition) is 7. The van der Waals surface area contributed by atoms with Gasteiger partial charge in [-0.2, -0.15) is 0 Å². The molecule has 2 heterocycles. The number of hydrogen-bond donors (Lipinski definition) is 1. The SMILES string of the molecule is C=C(C)C(=O)O.C=CC(CC1CO1)C(=O)OCC1CO1.C=CCl.C=CCl.C=COC(C)=O. The predicted octanol–water partition coefficient (Wildman–Crippen LogP) is 4.60. The molecule has 2 aliphatic heterocycles. The number of carboxylic acid groups (broad SMARTS) is 1. The molecule has 32 heavy (non-hydrogen) atoms. The molecule has 10 heteroatoms. The number of carboxylic acids is 1. The van der Waals surface area contributed by atoms with Gasteiger partial charge in [-0.15, -0.1) is 6.58 Å². The van der Waals surface area contributed by atoms with Crippen LogP contribution in [0.1, 0.15) is 20.3 Å². The third kappa shape index (κ3) is 29.8. The average molecular weight is 495 g/mol. The molecule has 0 aromatic rings. The number of halogens is 2. The lowest BCUT2D eigenvalue weighted by Crippen LogP contribution is -2.19. The minimum absolute atomic E-state index is 0.126. The first-order chi connectivity index (χ1) is 15.0. The van der Waals surface area contributed by atoms with Crippen LogP contribution in [0.25, 0.3) is 0 Å². The number of esters is 2. The molecule has 0 saturated carbocycles. The first kappa shape index (κ1) is 34.2. The standard InChI is InChI=1S/C10H14O4.2C4H6O2.2C2H3Cl/c1-2-7(3-8-4-12-8)10(11)14-6-9-5-13-9;1-3-6-4(2)5;1-3(2)4(5)6;2*1-2-3/h2,7-9H,1,3-6H2;3H,1H2,2H3;1H2,2H3,(H,5,6);2*2H,1H2. The number of epoxide rings is 2. The molecule has 0 aromatic carbocycles. The monoisotopic (exact) mass is 494 g/mol. The molecule has 0 amide bonds. The van der Waals surface area contributed by atoms with Gasteiger partial charge in [-0.25, -0.2) is 4.79 Å². The number of rotatable bonds is 8. The highest BCUT2D eigenvalue weighted by Crippen LogP contribution is 2.21. The lowest BCUT2D eigenvalue weighted by molar-refractivity contribution is -0.147. The molecule has 182 valence electrons. The summed E-state index contributed by atoms with van der Waals surface area (Å²) in [5, 5.41) is 7.89. The van der Waals surface area contributed by atoms with Crippen LogP contribution in [-0.2, 0) is 33.3 Å². The van der Waals surface area contributed by atoms with Gasteiger partial charge in [-0.1, -0.05) is 55.6 Å². The van der Waals surface area contributed by atoms with Gasteiger partial charge >= 0.3 is 17.9 Å². The van der Waals surface area contributed by atoms with Gasteiger partial charge in [0.25, 0.3) is 0 Å². The summed E-state index contributed by atoms with van der Waals surface area (Å²) in [4.78, 5) is 30.8. The zero-order valence-electron chi connectivity index (χ0n) is 18.5. The van der Waals surface area contributed by atoms with Crippen molar-refractivity contribution in [2.24, 2.45) is 5.92 Å². The van der Waals surface area contributed by atoms with E-state index in [1.54, 1.807) is 6.08 Å². The van der Waals surface area contributed by atoms with Crippen molar-refractivity contribution < 1.29 is 38.4 Å². The molecule has 0 aliphatic carbocycles. The van der Waals surface area contributed by atoms with Crippen molar-refractivity contribution in [3.8, 4) is 0 Å². The maximum Gasteiger partial charge on any atom is 0.330 e. The zero-order valence-corrected chi connectivity index (χ0v) is 20.0. The van der Waals surface area contributed by atoms with Gasteiger partial charge in [-0.05, 0) is 24.4 Å². The fourth-order valence-corrected chi connectivity index (χ4v) is 1.34. The second-order valence-corrected chi connectivity index (χ2v) is 6.41. The minimum atomic E-state index is -0.935. The maximum absolute atomic E-state index is 11.5. The van der Waals surface area contributed by atoms with Crippen molar-refractivity contribution in [2.45, 2.75) is 32.5 Å². The molecule has 0 bridgehead atoms. The van der Waals surface area contributed by atoms with E-state index in [0.29, 0.717) is 19.6 Å². The van der Waals surface area contributed by atoms with Crippen molar-refractivity contribution in [1.29, 1.82) is 0 Å². The zero-order chi connectivity index (χ0) is 25.5. The third-order valence-electron chi connectivity index (χ3n) is 2.93. The Kier molecular flexibility index (Phi) is 24.9. The summed E-state index contributed by atoms with van der Waals surface area (Å²) in [6.45, 7) is 20.8. The molecule has 0 aromatic heterocycles. The van der Waals surface area contributed by atoms with Crippen LogP contribution in [0, 0.1) is 5.92 Å². The normalized spacial score (nSPS) is 16.9. The van der Waals surface area contributed by atoms with Gasteiger partial charge in [-0.3, -0.25) is 9.59 Å². The molecule has 8 nitrogen and oxygen atoms in total. The minimum Gasteiger partial charge on any atom is -0.478 e. The summed E-state index contributed by atoms with van der Waals surface area (Å²) in [6, 6.07) is 0.